The molecule has 98 valence electrons. The minimum atomic E-state index is -0.0183. The van der Waals surface area contributed by atoms with E-state index in [4.69, 9.17) is 0 Å². The summed E-state index contributed by atoms with van der Waals surface area (Å²) >= 11 is 3.36. The average Bonchev–Trinajstić information content (AvgIpc) is 2.36. The number of amides is 1. The van der Waals surface area contributed by atoms with Crippen molar-refractivity contribution in [3.8, 4) is 0 Å². The van der Waals surface area contributed by atoms with Gasteiger partial charge < -0.3 is 5.32 Å². The van der Waals surface area contributed by atoms with Crippen molar-refractivity contribution < 1.29 is 9.59 Å². The quantitative estimate of drug-likeness (QED) is 0.813. The first-order valence-electron chi connectivity index (χ1n) is 5.71. The van der Waals surface area contributed by atoms with Crippen LogP contribution in [-0.2, 0) is 4.79 Å². The van der Waals surface area contributed by atoms with Gasteiger partial charge in [0.15, 0.2) is 5.78 Å². The minimum absolute atomic E-state index is 0.0183. The molecule has 1 N–H and O–H groups in total. The van der Waals surface area contributed by atoms with Crippen molar-refractivity contribution in [3.05, 3.63) is 34.3 Å². The monoisotopic (exact) mass is 312 g/mol. The predicted octanol–water partition coefficient (Wildman–Crippen LogP) is 1.70. The van der Waals surface area contributed by atoms with Gasteiger partial charge >= 0.3 is 0 Å². The molecule has 0 fully saturated rings. The summed E-state index contributed by atoms with van der Waals surface area (Å²) in [7, 11) is 3.44. The molecule has 4 nitrogen and oxygen atoms in total. The summed E-state index contributed by atoms with van der Waals surface area (Å²) in [6.45, 7) is 0.871. The van der Waals surface area contributed by atoms with E-state index in [1.165, 1.54) is 0 Å². The van der Waals surface area contributed by atoms with Crippen LogP contribution in [0.25, 0.3) is 0 Å². The summed E-state index contributed by atoms with van der Waals surface area (Å²) in [4.78, 5) is 25.0. The summed E-state index contributed by atoms with van der Waals surface area (Å²) in [5.74, 6) is 0.0251. The van der Waals surface area contributed by atoms with Gasteiger partial charge in [-0.2, -0.15) is 0 Å². The third-order valence-electron chi connectivity index (χ3n) is 2.59. The molecular weight excluding hydrogens is 296 g/mol. The lowest BCUT2D eigenvalue weighted by atomic mass is 10.1. The molecule has 0 saturated carbocycles. The highest BCUT2D eigenvalue weighted by molar-refractivity contribution is 9.10. The van der Waals surface area contributed by atoms with Gasteiger partial charge in [0.05, 0.1) is 6.54 Å². The van der Waals surface area contributed by atoms with E-state index in [9.17, 15) is 9.59 Å². The second kappa shape index (κ2) is 7.28. The number of ketones is 1. The summed E-state index contributed by atoms with van der Waals surface area (Å²) in [5.41, 5.74) is 0.671. The zero-order valence-corrected chi connectivity index (χ0v) is 12.2. The molecule has 0 aliphatic carbocycles. The van der Waals surface area contributed by atoms with E-state index >= 15 is 0 Å². The van der Waals surface area contributed by atoms with E-state index in [0.29, 0.717) is 25.1 Å². The minimum Gasteiger partial charge on any atom is -0.359 e. The van der Waals surface area contributed by atoms with Crippen LogP contribution in [-0.4, -0.2) is 43.8 Å². The Morgan fingerprint density at radius 2 is 2.00 bits per heavy atom. The van der Waals surface area contributed by atoms with Crippen LogP contribution >= 0.6 is 15.9 Å². The van der Waals surface area contributed by atoms with Crippen LogP contribution in [0.4, 0.5) is 0 Å². The zero-order valence-electron chi connectivity index (χ0n) is 10.6. The first-order chi connectivity index (χ1) is 8.54. The smallest absolute Gasteiger partial charge is 0.221 e. The lowest BCUT2D eigenvalue weighted by molar-refractivity contribution is -0.120. The summed E-state index contributed by atoms with van der Waals surface area (Å²) in [5, 5.41) is 2.56. The molecule has 0 unspecified atom stereocenters. The Kier molecular flexibility index (Phi) is 6.01. The Bertz CT molecular complexity index is 435. The number of hydrogen-bond acceptors (Lipinski definition) is 3. The predicted molar refractivity (Wildman–Crippen MR) is 74.7 cm³/mol. The second-order valence-corrected chi connectivity index (χ2v) is 4.92. The molecule has 5 heteroatoms. The first kappa shape index (κ1) is 14.9. The van der Waals surface area contributed by atoms with Crippen molar-refractivity contribution in [1.29, 1.82) is 0 Å². The summed E-state index contributed by atoms with van der Waals surface area (Å²) < 4.78 is 0.801. The average molecular weight is 313 g/mol. The second-order valence-electron chi connectivity index (χ2n) is 4.06. The van der Waals surface area contributed by atoms with Crippen LogP contribution in [0, 0.1) is 0 Å². The number of carbonyl (C=O) groups excluding carboxylic acids is 2. The van der Waals surface area contributed by atoms with E-state index in [-0.39, 0.29) is 11.7 Å². The molecule has 0 aliphatic rings. The third-order valence-corrected chi connectivity index (χ3v) is 3.28. The van der Waals surface area contributed by atoms with Crippen molar-refractivity contribution >= 4 is 27.6 Å². The summed E-state index contributed by atoms with van der Waals surface area (Å²) in [6.07, 6.45) is 0.399. The molecule has 1 amide bonds. The Hall–Kier alpha value is -1.20. The zero-order chi connectivity index (χ0) is 13.5. The van der Waals surface area contributed by atoms with Crippen molar-refractivity contribution in [2.75, 3.05) is 27.2 Å². The number of Topliss-reactive ketones (excluding diaryl/α,β-unsaturated/α-hetero) is 1. The largest absolute Gasteiger partial charge is 0.359 e. The molecular formula is C13H17BrN2O2. The number of rotatable bonds is 6. The topological polar surface area (TPSA) is 49.4 Å². The van der Waals surface area contributed by atoms with Gasteiger partial charge in [-0.25, -0.2) is 0 Å². The summed E-state index contributed by atoms with van der Waals surface area (Å²) in [6, 6.07) is 7.34. The fraction of sp³-hybridized carbons (Fsp3) is 0.385. The van der Waals surface area contributed by atoms with Crippen LogP contribution in [0.3, 0.4) is 0 Å². The van der Waals surface area contributed by atoms with E-state index in [1.54, 1.807) is 13.1 Å². The number of likely N-dealkylation sites (N-methyl/N-ethyl adjacent to an activating group) is 1. The van der Waals surface area contributed by atoms with Crippen molar-refractivity contribution in [3.63, 3.8) is 0 Å². The van der Waals surface area contributed by atoms with Gasteiger partial charge in [0.25, 0.3) is 0 Å². The highest BCUT2D eigenvalue weighted by atomic mass is 79.9. The van der Waals surface area contributed by atoms with Gasteiger partial charge in [0.2, 0.25) is 5.91 Å². The standard InChI is InChI=1S/C13H17BrN2O2/c1-15-13(18)7-8-16(2)9-12(17)10-5-3-4-6-11(10)14/h3-6H,7-9H2,1-2H3,(H,15,18). The van der Waals surface area contributed by atoms with Crippen molar-refractivity contribution in [2.24, 2.45) is 0 Å². The number of halogens is 1. The van der Waals surface area contributed by atoms with E-state index in [2.05, 4.69) is 21.2 Å². The van der Waals surface area contributed by atoms with Crippen LogP contribution in [0.5, 0.6) is 0 Å². The first-order valence-corrected chi connectivity index (χ1v) is 6.50. The maximum Gasteiger partial charge on any atom is 0.221 e. The maximum absolute atomic E-state index is 12.0. The Morgan fingerprint density at radius 1 is 1.33 bits per heavy atom. The van der Waals surface area contributed by atoms with Crippen LogP contribution in [0.1, 0.15) is 16.8 Å². The SMILES string of the molecule is CNC(=O)CCN(C)CC(=O)c1ccccc1Br. The van der Waals surface area contributed by atoms with Gasteiger partial charge in [-0.1, -0.05) is 34.1 Å². The third kappa shape index (κ3) is 4.58. The van der Waals surface area contributed by atoms with Gasteiger partial charge in [-0.15, -0.1) is 0 Å². The molecule has 0 spiro atoms. The van der Waals surface area contributed by atoms with Crippen LogP contribution in [0.2, 0.25) is 0 Å². The number of benzene rings is 1. The van der Waals surface area contributed by atoms with E-state index in [0.717, 1.165) is 4.47 Å². The Morgan fingerprint density at radius 3 is 2.61 bits per heavy atom. The molecule has 0 aromatic heterocycles. The molecule has 1 rings (SSSR count). The number of nitrogens with one attached hydrogen (secondary N) is 1. The van der Waals surface area contributed by atoms with Gasteiger partial charge in [0.1, 0.15) is 0 Å². The fourth-order valence-corrected chi connectivity index (χ4v) is 2.02. The molecule has 1 aromatic carbocycles. The normalized spacial score (nSPS) is 10.4. The molecule has 0 atom stereocenters. The lowest BCUT2D eigenvalue weighted by Crippen LogP contribution is -2.30. The fourth-order valence-electron chi connectivity index (χ4n) is 1.51. The lowest BCUT2D eigenvalue weighted by Gasteiger charge is -2.15. The van der Waals surface area contributed by atoms with Crippen LogP contribution in [0.15, 0.2) is 28.7 Å². The molecule has 0 aliphatic heterocycles. The molecule has 0 radical (unpaired) electrons. The van der Waals surface area contributed by atoms with E-state index in [1.807, 2.05) is 30.1 Å². The molecule has 1 aromatic rings. The highest BCUT2D eigenvalue weighted by Crippen LogP contribution is 2.16. The molecule has 18 heavy (non-hydrogen) atoms. The van der Waals surface area contributed by atoms with Crippen molar-refractivity contribution in [1.82, 2.24) is 10.2 Å². The van der Waals surface area contributed by atoms with Crippen LogP contribution < -0.4 is 5.32 Å². The highest BCUT2D eigenvalue weighted by Gasteiger charge is 2.12. The molecule has 0 saturated heterocycles. The van der Waals surface area contributed by atoms with Gasteiger partial charge in [0, 0.05) is 30.0 Å². The Labute approximate surface area is 115 Å². The van der Waals surface area contributed by atoms with Gasteiger partial charge in [-0.05, 0) is 13.1 Å². The van der Waals surface area contributed by atoms with Crippen molar-refractivity contribution in [2.45, 2.75) is 6.42 Å². The molecule has 0 heterocycles. The van der Waals surface area contributed by atoms with E-state index < -0.39 is 0 Å². The maximum atomic E-state index is 12.0. The van der Waals surface area contributed by atoms with Gasteiger partial charge in [-0.3, -0.25) is 14.5 Å². The number of nitrogens with zero attached hydrogens (tertiary/aromatic N) is 1. The number of carbonyl (C=O) groups is 2. The number of hydrogen-bond donors (Lipinski definition) is 1. The molecule has 0 bridgehead atoms. The Balaban J connectivity index is 2.50.